The van der Waals surface area contributed by atoms with E-state index in [1.54, 1.807) is 7.11 Å². The highest BCUT2D eigenvalue weighted by Gasteiger charge is 2.22. The molecule has 31 heavy (non-hydrogen) atoms. The van der Waals surface area contributed by atoms with Crippen LogP contribution in [0.2, 0.25) is 5.15 Å². The molecule has 1 aliphatic heterocycles. The number of thiophene rings is 1. The first-order valence-electron chi connectivity index (χ1n) is 9.45. The van der Waals surface area contributed by atoms with Crippen LogP contribution in [0.15, 0.2) is 59.7 Å². The van der Waals surface area contributed by atoms with Gasteiger partial charge in [0.25, 0.3) is 5.91 Å². The van der Waals surface area contributed by atoms with Gasteiger partial charge in [-0.2, -0.15) is 5.10 Å². The van der Waals surface area contributed by atoms with Gasteiger partial charge in [-0.25, -0.2) is 10.4 Å². The minimum atomic E-state index is -0.292. The van der Waals surface area contributed by atoms with Crippen molar-refractivity contribution in [3.63, 3.8) is 0 Å². The SMILES string of the molecule is COc1ccc2nc(Cl)c(/C=N/NC(=O)c3cc4c(s3)-c3ccccc3OC4)cc2c1. The van der Waals surface area contributed by atoms with E-state index in [4.69, 9.17) is 21.1 Å². The lowest BCUT2D eigenvalue weighted by Crippen LogP contribution is -2.16. The maximum absolute atomic E-state index is 12.6. The molecular weight excluding hydrogens is 434 g/mol. The molecular formula is C23H16ClN3O3S. The molecule has 8 heteroatoms. The molecule has 3 heterocycles. The smallest absolute Gasteiger partial charge is 0.281 e. The Balaban J connectivity index is 1.36. The highest BCUT2D eigenvalue weighted by Crippen LogP contribution is 2.42. The van der Waals surface area contributed by atoms with E-state index in [2.05, 4.69) is 15.5 Å². The Morgan fingerprint density at radius 1 is 1.26 bits per heavy atom. The van der Waals surface area contributed by atoms with E-state index < -0.39 is 0 Å². The Morgan fingerprint density at radius 2 is 2.13 bits per heavy atom. The fraction of sp³-hybridized carbons (Fsp3) is 0.0870. The molecule has 6 nitrogen and oxygen atoms in total. The van der Waals surface area contributed by atoms with Gasteiger partial charge in [-0.1, -0.05) is 23.7 Å². The third-order valence-corrected chi connectivity index (χ3v) is 6.43. The van der Waals surface area contributed by atoms with E-state index in [-0.39, 0.29) is 5.91 Å². The number of rotatable bonds is 4. The number of benzene rings is 2. The maximum atomic E-state index is 12.6. The molecule has 0 saturated carbocycles. The predicted molar refractivity (Wildman–Crippen MR) is 122 cm³/mol. The Hall–Kier alpha value is -3.42. The zero-order valence-corrected chi connectivity index (χ0v) is 18.0. The van der Waals surface area contributed by atoms with Crippen LogP contribution in [0, 0.1) is 0 Å². The van der Waals surface area contributed by atoms with Crippen LogP contribution in [0.3, 0.4) is 0 Å². The zero-order valence-electron chi connectivity index (χ0n) is 16.4. The van der Waals surface area contributed by atoms with Crippen LogP contribution in [0.1, 0.15) is 20.8 Å². The largest absolute Gasteiger partial charge is 0.497 e. The molecule has 1 N–H and O–H groups in total. The lowest BCUT2D eigenvalue weighted by molar-refractivity contribution is 0.0959. The van der Waals surface area contributed by atoms with Gasteiger partial charge in [-0.3, -0.25) is 4.79 Å². The van der Waals surface area contributed by atoms with Gasteiger partial charge in [-0.15, -0.1) is 11.3 Å². The summed E-state index contributed by atoms with van der Waals surface area (Å²) in [5.74, 6) is 1.26. The number of aromatic nitrogens is 1. The van der Waals surface area contributed by atoms with Crippen LogP contribution < -0.4 is 14.9 Å². The summed E-state index contributed by atoms with van der Waals surface area (Å²) in [6.07, 6.45) is 1.48. The molecule has 0 radical (unpaired) electrons. The van der Waals surface area contributed by atoms with Crippen molar-refractivity contribution in [3.05, 3.63) is 75.8 Å². The van der Waals surface area contributed by atoms with Gasteiger partial charge in [0.2, 0.25) is 0 Å². The average molecular weight is 450 g/mol. The first-order valence-corrected chi connectivity index (χ1v) is 10.6. The van der Waals surface area contributed by atoms with Gasteiger partial charge >= 0.3 is 0 Å². The molecule has 2 aromatic heterocycles. The number of fused-ring (bicyclic) bond motifs is 4. The number of carbonyl (C=O) groups excluding carboxylic acids is 1. The van der Waals surface area contributed by atoms with Crippen LogP contribution >= 0.6 is 22.9 Å². The second-order valence-corrected chi connectivity index (χ2v) is 8.29. The van der Waals surface area contributed by atoms with E-state index in [1.807, 2.05) is 54.6 Å². The highest BCUT2D eigenvalue weighted by molar-refractivity contribution is 7.17. The van der Waals surface area contributed by atoms with E-state index in [0.717, 1.165) is 38.4 Å². The van der Waals surface area contributed by atoms with Crippen LogP contribution in [0.5, 0.6) is 11.5 Å². The van der Waals surface area contributed by atoms with Crippen molar-refractivity contribution in [2.75, 3.05) is 7.11 Å². The fourth-order valence-electron chi connectivity index (χ4n) is 3.39. The van der Waals surface area contributed by atoms with E-state index in [9.17, 15) is 4.79 Å². The summed E-state index contributed by atoms with van der Waals surface area (Å²) in [4.78, 5) is 18.6. The summed E-state index contributed by atoms with van der Waals surface area (Å²) in [5.41, 5.74) is 5.90. The number of nitrogens with zero attached hydrogens (tertiary/aromatic N) is 2. The predicted octanol–water partition coefficient (Wildman–Crippen LogP) is 5.28. The number of hydrazone groups is 1. The maximum Gasteiger partial charge on any atom is 0.281 e. The van der Waals surface area contributed by atoms with Crippen molar-refractivity contribution in [2.24, 2.45) is 5.10 Å². The monoisotopic (exact) mass is 449 g/mol. The third-order valence-electron chi connectivity index (χ3n) is 4.92. The minimum Gasteiger partial charge on any atom is -0.497 e. The average Bonchev–Trinajstić information content (AvgIpc) is 3.24. The van der Waals surface area contributed by atoms with Gasteiger partial charge in [0.05, 0.1) is 23.7 Å². The summed E-state index contributed by atoms with van der Waals surface area (Å²) in [6, 6.07) is 17.0. The molecule has 4 aromatic rings. The second kappa shape index (κ2) is 8.02. The molecule has 0 spiro atoms. The number of para-hydroxylation sites is 1. The molecule has 1 amide bonds. The minimum absolute atomic E-state index is 0.292. The Morgan fingerprint density at radius 3 is 3.00 bits per heavy atom. The molecule has 0 saturated heterocycles. The number of methoxy groups -OCH3 is 1. The van der Waals surface area contributed by atoms with E-state index >= 15 is 0 Å². The lowest BCUT2D eigenvalue weighted by atomic mass is 10.1. The zero-order chi connectivity index (χ0) is 21.4. The third kappa shape index (κ3) is 3.73. The van der Waals surface area contributed by atoms with Crippen molar-refractivity contribution in [2.45, 2.75) is 6.61 Å². The number of nitrogens with one attached hydrogen (secondary N) is 1. The summed E-state index contributed by atoms with van der Waals surface area (Å²) in [5, 5.41) is 5.24. The Bertz CT molecular complexity index is 1350. The summed E-state index contributed by atoms with van der Waals surface area (Å²) >= 11 is 7.69. The molecule has 1 aliphatic rings. The Labute approximate surface area is 187 Å². The molecule has 2 aromatic carbocycles. The van der Waals surface area contributed by atoms with E-state index in [0.29, 0.717) is 22.2 Å². The summed E-state index contributed by atoms with van der Waals surface area (Å²) in [7, 11) is 1.61. The van der Waals surface area contributed by atoms with Crippen molar-refractivity contribution >= 4 is 46.0 Å². The van der Waals surface area contributed by atoms with E-state index in [1.165, 1.54) is 17.6 Å². The van der Waals surface area contributed by atoms with Crippen molar-refractivity contribution in [1.82, 2.24) is 10.4 Å². The second-order valence-electron chi connectivity index (χ2n) is 6.88. The molecule has 0 fully saturated rings. The van der Waals surface area contributed by atoms with Crippen molar-refractivity contribution < 1.29 is 14.3 Å². The highest BCUT2D eigenvalue weighted by atomic mass is 35.5. The number of halogens is 1. The van der Waals surface area contributed by atoms with Crippen LogP contribution in [-0.4, -0.2) is 24.2 Å². The number of ether oxygens (including phenoxy) is 2. The quantitative estimate of drug-likeness (QED) is 0.261. The number of carbonyl (C=O) groups is 1. The fourth-order valence-corrected chi connectivity index (χ4v) is 4.67. The van der Waals surface area contributed by atoms with Gasteiger partial charge in [0.1, 0.15) is 23.3 Å². The summed E-state index contributed by atoms with van der Waals surface area (Å²) in [6.45, 7) is 0.446. The van der Waals surface area contributed by atoms with Gasteiger partial charge < -0.3 is 9.47 Å². The van der Waals surface area contributed by atoms with Crippen LogP contribution in [0.4, 0.5) is 0 Å². The number of amides is 1. The van der Waals surface area contributed by atoms with Crippen LogP contribution in [0.25, 0.3) is 21.3 Å². The van der Waals surface area contributed by atoms with Crippen molar-refractivity contribution in [1.29, 1.82) is 0 Å². The topological polar surface area (TPSA) is 72.8 Å². The molecule has 0 bridgehead atoms. The summed E-state index contributed by atoms with van der Waals surface area (Å²) < 4.78 is 11.0. The molecule has 0 unspecified atom stereocenters. The Kier molecular flexibility index (Phi) is 5.05. The molecule has 154 valence electrons. The lowest BCUT2D eigenvalue weighted by Gasteiger charge is -2.16. The normalized spacial score (nSPS) is 12.3. The van der Waals surface area contributed by atoms with Crippen LogP contribution in [-0.2, 0) is 6.61 Å². The molecule has 5 rings (SSSR count). The number of pyridine rings is 1. The van der Waals surface area contributed by atoms with Gasteiger partial charge in [-0.05, 0) is 42.5 Å². The van der Waals surface area contributed by atoms with Crippen molar-refractivity contribution in [3.8, 4) is 21.9 Å². The number of hydrogen-bond acceptors (Lipinski definition) is 6. The molecule has 0 atom stereocenters. The first-order chi connectivity index (χ1) is 15.1. The van der Waals surface area contributed by atoms with Gasteiger partial charge in [0.15, 0.2) is 0 Å². The van der Waals surface area contributed by atoms with Gasteiger partial charge in [0, 0.05) is 27.0 Å². The number of hydrogen-bond donors (Lipinski definition) is 1. The molecule has 0 aliphatic carbocycles. The first kappa shape index (κ1) is 19.5. The standard InChI is InChI=1S/C23H16ClN3O3S/c1-29-16-6-7-18-13(9-16)8-14(22(24)26-18)11-25-27-23(28)20-10-15-12-30-19-5-3-2-4-17(19)21(15)31-20/h2-11H,12H2,1H3,(H,27,28)/b25-11+.